The van der Waals surface area contributed by atoms with Gasteiger partial charge in [-0.2, -0.15) is 0 Å². The molecule has 0 heterocycles. The number of ether oxygens (including phenoxy) is 2. The van der Waals surface area contributed by atoms with Gasteiger partial charge in [0, 0.05) is 0 Å². The molecular formula is C15H23NO2. The van der Waals surface area contributed by atoms with Gasteiger partial charge in [0.05, 0.1) is 6.61 Å². The third-order valence-corrected chi connectivity index (χ3v) is 2.49. The monoisotopic (exact) mass is 249 g/mol. The van der Waals surface area contributed by atoms with Gasteiger partial charge in [-0.25, -0.2) is 0 Å². The number of allylic oxidation sites excluding steroid dienone is 1. The zero-order valence-electron chi connectivity index (χ0n) is 11.5. The van der Waals surface area contributed by atoms with Gasteiger partial charge in [0.2, 0.25) is 0 Å². The highest BCUT2D eigenvalue weighted by Crippen LogP contribution is 2.31. The van der Waals surface area contributed by atoms with E-state index in [1.165, 1.54) is 5.57 Å². The molecule has 0 atom stereocenters. The lowest BCUT2D eigenvalue weighted by atomic mass is 10.1. The van der Waals surface area contributed by atoms with Gasteiger partial charge in [0.1, 0.15) is 6.61 Å². The van der Waals surface area contributed by atoms with Crippen LogP contribution < -0.4 is 15.2 Å². The topological polar surface area (TPSA) is 44.5 Å². The van der Waals surface area contributed by atoms with Crippen molar-refractivity contribution in [3.8, 4) is 11.5 Å². The van der Waals surface area contributed by atoms with Crippen molar-refractivity contribution in [3.05, 3.63) is 35.4 Å². The van der Waals surface area contributed by atoms with Crippen molar-refractivity contribution in [1.29, 1.82) is 0 Å². The summed E-state index contributed by atoms with van der Waals surface area (Å²) in [5.74, 6) is 1.62. The lowest BCUT2D eigenvalue weighted by Gasteiger charge is -2.14. The van der Waals surface area contributed by atoms with Crippen LogP contribution in [0.1, 0.15) is 26.3 Å². The van der Waals surface area contributed by atoms with E-state index in [0.29, 0.717) is 19.8 Å². The molecule has 100 valence electrons. The Bertz CT molecular complexity index is 371. The number of hydrogen-bond acceptors (Lipinski definition) is 3. The zero-order chi connectivity index (χ0) is 13.4. The first kappa shape index (κ1) is 14.6. The largest absolute Gasteiger partial charge is 0.490 e. The summed E-state index contributed by atoms with van der Waals surface area (Å²) in [6, 6.07) is 5.94. The van der Waals surface area contributed by atoms with Crippen LogP contribution >= 0.6 is 0 Å². The highest BCUT2D eigenvalue weighted by atomic mass is 16.5. The molecule has 2 N–H and O–H groups in total. The predicted octanol–water partition coefficient (Wildman–Crippen LogP) is 2.93. The first-order valence-electron chi connectivity index (χ1n) is 6.40. The Morgan fingerprint density at radius 2 is 2.06 bits per heavy atom. The van der Waals surface area contributed by atoms with E-state index < -0.39 is 0 Å². The van der Waals surface area contributed by atoms with Crippen molar-refractivity contribution in [2.75, 3.05) is 19.8 Å². The minimum Gasteiger partial charge on any atom is -0.490 e. The SMILES string of the molecule is CCOc1cccc(CCN)c1OCC=C(C)C. The Kier molecular flexibility index (Phi) is 6.29. The fraction of sp³-hybridized carbons (Fsp3) is 0.467. The van der Waals surface area contributed by atoms with Gasteiger partial charge in [-0.1, -0.05) is 17.7 Å². The maximum atomic E-state index is 5.83. The number of benzene rings is 1. The molecule has 0 aliphatic rings. The normalized spacial score (nSPS) is 10.0. The Hall–Kier alpha value is -1.48. The van der Waals surface area contributed by atoms with E-state index in [1.54, 1.807) is 0 Å². The molecule has 0 fully saturated rings. The summed E-state index contributed by atoms with van der Waals surface area (Å²) < 4.78 is 11.4. The van der Waals surface area contributed by atoms with Crippen LogP contribution in [-0.2, 0) is 6.42 Å². The minimum absolute atomic E-state index is 0.560. The van der Waals surface area contributed by atoms with Crippen molar-refractivity contribution in [2.45, 2.75) is 27.2 Å². The third kappa shape index (κ3) is 4.41. The molecule has 3 heteroatoms. The predicted molar refractivity (Wildman–Crippen MR) is 75.3 cm³/mol. The smallest absolute Gasteiger partial charge is 0.164 e. The van der Waals surface area contributed by atoms with E-state index in [9.17, 15) is 0 Å². The molecular weight excluding hydrogens is 226 g/mol. The molecule has 18 heavy (non-hydrogen) atoms. The van der Waals surface area contributed by atoms with E-state index in [-0.39, 0.29) is 0 Å². The summed E-state index contributed by atoms with van der Waals surface area (Å²) in [6.45, 7) is 7.87. The van der Waals surface area contributed by atoms with Crippen LogP contribution in [0, 0.1) is 0 Å². The van der Waals surface area contributed by atoms with Gasteiger partial charge in [0.15, 0.2) is 11.5 Å². The molecule has 0 aliphatic carbocycles. The van der Waals surface area contributed by atoms with E-state index in [1.807, 2.05) is 25.1 Å². The summed E-state index contributed by atoms with van der Waals surface area (Å²) in [4.78, 5) is 0. The first-order chi connectivity index (χ1) is 8.69. The van der Waals surface area contributed by atoms with Crippen LogP contribution in [0.2, 0.25) is 0 Å². The van der Waals surface area contributed by atoms with E-state index in [0.717, 1.165) is 23.5 Å². The minimum atomic E-state index is 0.560. The van der Waals surface area contributed by atoms with Crippen molar-refractivity contribution in [3.63, 3.8) is 0 Å². The maximum absolute atomic E-state index is 5.83. The molecule has 0 saturated heterocycles. The highest BCUT2D eigenvalue weighted by molar-refractivity contribution is 5.47. The van der Waals surface area contributed by atoms with Gasteiger partial charge in [0.25, 0.3) is 0 Å². The summed E-state index contributed by atoms with van der Waals surface area (Å²) in [5, 5.41) is 0. The quantitative estimate of drug-likeness (QED) is 0.756. The Morgan fingerprint density at radius 1 is 1.28 bits per heavy atom. The molecule has 0 radical (unpaired) electrons. The van der Waals surface area contributed by atoms with E-state index in [4.69, 9.17) is 15.2 Å². The molecule has 1 rings (SSSR count). The fourth-order valence-corrected chi connectivity index (χ4v) is 1.64. The van der Waals surface area contributed by atoms with E-state index in [2.05, 4.69) is 19.9 Å². The molecule has 1 aromatic carbocycles. The second-order valence-corrected chi connectivity index (χ2v) is 4.31. The Labute approximate surface area is 110 Å². The van der Waals surface area contributed by atoms with Crippen molar-refractivity contribution >= 4 is 0 Å². The molecule has 1 aromatic rings. The number of hydrogen-bond donors (Lipinski definition) is 1. The molecule has 3 nitrogen and oxygen atoms in total. The maximum Gasteiger partial charge on any atom is 0.164 e. The van der Waals surface area contributed by atoms with E-state index >= 15 is 0 Å². The van der Waals surface area contributed by atoms with Crippen LogP contribution in [0.3, 0.4) is 0 Å². The summed E-state index contributed by atoms with van der Waals surface area (Å²) in [5.41, 5.74) is 7.96. The second-order valence-electron chi connectivity index (χ2n) is 4.31. The van der Waals surface area contributed by atoms with Crippen molar-refractivity contribution in [1.82, 2.24) is 0 Å². The average Bonchev–Trinajstić information content (AvgIpc) is 2.32. The lowest BCUT2D eigenvalue weighted by molar-refractivity contribution is 0.294. The zero-order valence-corrected chi connectivity index (χ0v) is 11.5. The standard InChI is InChI=1S/C15H23NO2/c1-4-17-14-7-5-6-13(8-10-16)15(14)18-11-9-12(2)3/h5-7,9H,4,8,10-11,16H2,1-3H3. The number of para-hydroxylation sites is 1. The van der Waals surface area contributed by atoms with Crippen LogP contribution in [0.25, 0.3) is 0 Å². The van der Waals surface area contributed by atoms with Crippen LogP contribution in [0.5, 0.6) is 11.5 Å². The van der Waals surface area contributed by atoms with Crippen LogP contribution in [-0.4, -0.2) is 19.8 Å². The Morgan fingerprint density at radius 3 is 2.67 bits per heavy atom. The lowest BCUT2D eigenvalue weighted by Crippen LogP contribution is -2.07. The average molecular weight is 249 g/mol. The van der Waals surface area contributed by atoms with Gasteiger partial charge in [-0.15, -0.1) is 0 Å². The van der Waals surface area contributed by atoms with Crippen LogP contribution in [0.4, 0.5) is 0 Å². The third-order valence-electron chi connectivity index (χ3n) is 2.49. The molecule has 0 amide bonds. The molecule has 0 aromatic heterocycles. The molecule has 0 spiro atoms. The van der Waals surface area contributed by atoms with Crippen LogP contribution in [0.15, 0.2) is 29.8 Å². The molecule has 0 aliphatic heterocycles. The first-order valence-corrected chi connectivity index (χ1v) is 6.40. The summed E-state index contributed by atoms with van der Waals surface area (Å²) in [7, 11) is 0. The van der Waals surface area contributed by atoms with Crippen molar-refractivity contribution in [2.24, 2.45) is 5.73 Å². The highest BCUT2D eigenvalue weighted by Gasteiger charge is 2.09. The summed E-state index contributed by atoms with van der Waals surface area (Å²) in [6.07, 6.45) is 2.85. The summed E-state index contributed by atoms with van der Waals surface area (Å²) >= 11 is 0. The van der Waals surface area contributed by atoms with Gasteiger partial charge in [-0.3, -0.25) is 0 Å². The number of nitrogens with two attached hydrogens (primary N) is 1. The second kappa shape index (κ2) is 7.77. The van der Waals surface area contributed by atoms with Gasteiger partial charge < -0.3 is 15.2 Å². The molecule has 0 bridgehead atoms. The molecule has 0 unspecified atom stereocenters. The van der Waals surface area contributed by atoms with Gasteiger partial charge >= 0.3 is 0 Å². The number of rotatable bonds is 7. The van der Waals surface area contributed by atoms with Crippen molar-refractivity contribution < 1.29 is 9.47 Å². The fourth-order valence-electron chi connectivity index (χ4n) is 1.64. The molecule has 0 saturated carbocycles. The van der Waals surface area contributed by atoms with Gasteiger partial charge in [-0.05, 0) is 51.4 Å². The Balaban J connectivity index is 2.90.